The van der Waals surface area contributed by atoms with Gasteiger partial charge < -0.3 is 14.4 Å². The van der Waals surface area contributed by atoms with Gasteiger partial charge in [0.25, 0.3) is 6.71 Å². The topological polar surface area (TPSA) is 41.6 Å². The number of aromatic nitrogens is 3. The molecule has 0 aliphatic carbocycles. The van der Waals surface area contributed by atoms with E-state index in [2.05, 4.69) is 272 Å². The summed E-state index contributed by atoms with van der Waals surface area (Å²) >= 11 is 0. The number of benzene rings is 10. The predicted octanol–water partition coefficient (Wildman–Crippen LogP) is 20.1. The van der Waals surface area contributed by atoms with Gasteiger partial charge in [-0.1, -0.05) is 229 Å². The van der Waals surface area contributed by atoms with Gasteiger partial charge in [-0.15, -0.1) is 0 Å². The molecule has 7 heteroatoms. The molecule has 2 aliphatic heterocycles. The normalized spacial score (nSPS) is 13.1. The third-order valence-electron chi connectivity index (χ3n) is 18.2. The van der Waals surface area contributed by atoms with E-state index in [1.165, 1.54) is 61.4 Å². The highest BCUT2D eigenvalue weighted by atomic mass is 15.2. The van der Waals surface area contributed by atoms with Crippen LogP contribution in [0, 0.1) is 6.57 Å². The van der Waals surface area contributed by atoms with E-state index in [4.69, 9.17) is 16.5 Å². The summed E-state index contributed by atoms with van der Waals surface area (Å²) in [7, 11) is 0. The number of rotatable bonds is 7. The van der Waals surface area contributed by atoms with E-state index in [1.54, 1.807) is 0 Å². The minimum Gasteiger partial charge on any atom is -0.311 e. The first-order valence-corrected chi connectivity index (χ1v) is 30.9. The molecule has 0 radical (unpaired) electrons. The van der Waals surface area contributed by atoms with Gasteiger partial charge in [0, 0.05) is 67.3 Å². The summed E-state index contributed by atoms with van der Waals surface area (Å²) in [5, 5.41) is 2.21. The molecule has 430 valence electrons. The van der Waals surface area contributed by atoms with E-state index in [1.807, 2.05) is 54.6 Å². The molecule has 0 saturated carbocycles. The first-order chi connectivity index (χ1) is 42.1. The lowest BCUT2D eigenvalue weighted by molar-refractivity contribution is 0.568. The summed E-state index contributed by atoms with van der Waals surface area (Å²) in [4.78, 5) is 19.9. The second kappa shape index (κ2) is 20.7. The van der Waals surface area contributed by atoms with Crippen molar-refractivity contribution in [2.45, 2.75) is 105 Å². The van der Waals surface area contributed by atoms with Crippen LogP contribution in [0.4, 0.5) is 39.8 Å². The molecule has 12 aromatic rings. The summed E-state index contributed by atoms with van der Waals surface area (Å²) in [5.74, 6) is 0.582. The first kappa shape index (κ1) is 56.1. The largest absolute Gasteiger partial charge is 0.311 e. The van der Waals surface area contributed by atoms with Crippen LogP contribution >= 0.6 is 0 Å². The number of fused-ring (bicyclic) bond motifs is 7. The number of nitrogens with zero attached hydrogens (tertiary/aromatic N) is 6. The number of para-hydroxylation sites is 3. The minimum atomic E-state index is -0.106. The molecule has 0 N–H and O–H groups in total. The second-order valence-corrected chi connectivity index (χ2v) is 28.3. The van der Waals surface area contributed by atoms with Crippen LogP contribution in [0.5, 0.6) is 0 Å². The Bertz CT molecular complexity index is 4540. The maximum Gasteiger partial charge on any atom is 0.252 e. The lowest BCUT2D eigenvalue weighted by Crippen LogP contribution is -2.61. The number of hydrogen-bond donors (Lipinski definition) is 0. The molecule has 2 aliphatic rings. The van der Waals surface area contributed by atoms with Crippen molar-refractivity contribution in [3.63, 3.8) is 0 Å². The van der Waals surface area contributed by atoms with Crippen molar-refractivity contribution in [2.75, 3.05) is 9.80 Å². The van der Waals surface area contributed by atoms with E-state index < -0.39 is 0 Å². The SMILES string of the molecule is [C-]#[N+]c1ccc(-c2nc(-c3ccccc3)cc(-c3ccccc3)n2)c(-n2c3ccccc3c3cc(-c4cc5c6c(c4)N(c4cc(C(C)(C)C)cc(C(C)(C)C)c4)c4ccccc4B6c4ccccc4N5c4cc(C(C)(C)C)cc(C(C)(C)C)c4)ccc32)c1. The zero-order chi connectivity index (χ0) is 61.2. The van der Waals surface area contributed by atoms with Crippen LogP contribution in [0.3, 0.4) is 0 Å². The molecule has 14 rings (SSSR count). The molecule has 2 aromatic heterocycles. The Labute approximate surface area is 519 Å². The molecule has 6 nitrogen and oxygen atoms in total. The van der Waals surface area contributed by atoms with Gasteiger partial charge in [-0.3, -0.25) is 0 Å². The highest BCUT2D eigenvalue weighted by molar-refractivity contribution is 7.00. The van der Waals surface area contributed by atoms with Crippen molar-refractivity contribution in [1.29, 1.82) is 0 Å². The van der Waals surface area contributed by atoms with Gasteiger partial charge in [0.05, 0.1) is 29.0 Å². The smallest absolute Gasteiger partial charge is 0.252 e. The van der Waals surface area contributed by atoms with Gasteiger partial charge in [0.15, 0.2) is 11.5 Å². The van der Waals surface area contributed by atoms with Gasteiger partial charge in [-0.05, 0) is 150 Å². The third kappa shape index (κ3) is 9.67. The Morgan fingerprint density at radius 2 is 0.818 bits per heavy atom. The molecule has 88 heavy (non-hydrogen) atoms. The standard InChI is InChI=1S/C81H73BN6/c1-78(2,3)55-43-56(79(4,5)6)46-60(45-55)86-71-34-24-21-31-65(71)82-66-32-22-25-35-72(66)87(61-47-57(80(7,8)9)44-58(48-61)81(10,11)12)75-42-54(41-74(86)76(75)82)53-36-39-70-64(40-53)62-30-20-23-33-69(62)88(70)73-49-59(83-13)37-38-63(73)77-84-67(51-26-16-14-17-27-51)50-68(85-77)52-28-18-15-19-29-52/h14-50H,1-12H3. The molecular weight excluding hydrogens is 1070 g/mol. The number of hydrogen-bond acceptors (Lipinski definition) is 4. The molecule has 0 amide bonds. The van der Waals surface area contributed by atoms with Crippen molar-refractivity contribution in [3.8, 4) is 50.7 Å². The van der Waals surface area contributed by atoms with Crippen LogP contribution in [0.15, 0.2) is 224 Å². The Morgan fingerprint density at radius 1 is 0.364 bits per heavy atom. The predicted molar refractivity (Wildman–Crippen MR) is 373 cm³/mol. The Morgan fingerprint density at radius 3 is 1.31 bits per heavy atom. The quantitative estimate of drug-likeness (QED) is 0.118. The molecule has 0 fully saturated rings. The van der Waals surface area contributed by atoms with Gasteiger partial charge in [-0.2, -0.15) is 0 Å². The van der Waals surface area contributed by atoms with Crippen LogP contribution in [-0.2, 0) is 21.7 Å². The van der Waals surface area contributed by atoms with Crippen LogP contribution in [0.25, 0.3) is 77.4 Å². The molecule has 0 spiro atoms. The summed E-state index contributed by atoms with van der Waals surface area (Å²) in [5.41, 5.74) is 25.8. The van der Waals surface area contributed by atoms with Crippen molar-refractivity contribution in [3.05, 3.63) is 258 Å². The van der Waals surface area contributed by atoms with Gasteiger partial charge in [-0.25, -0.2) is 14.8 Å². The summed E-state index contributed by atoms with van der Waals surface area (Å²) in [6.07, 6.45) is 0. The zero-order valence-electron chi connectivity index (χ0n) is 52.6. The van der Waals surface area contributed by atoms with Gasteiger partial charge in [0.2, 0.25) is 0 Å². The maximum absolute atomic E-state index is 8.35. The fraction of sp³-hybridized carbons (Fsp3) is 0.198. The minimum absolute atomic E-state index is 0.0401. The first-order valence-electron chi connectivity index (χ1n) is 30.9. The molecule has 0 saturated heterocycles. The van der Waals surface area contributed by atoms with Crippen LogP contribution < -0.4 is 26.2 Å². The average molecular weight is 1140 g/mol. The molecule has 0 atom stereocenters. The van der Waals surface area contributed by atoms with Crippen molar-refractivity contribution in [1.82, 2.24) is 14.5 Å². The van der Waals surface area contributed by atoms with E-state index in [-0.39, 0.29) is 28.4 Å². The van der Waals surface area contributed by atoms with E-state index in [9.17, 15) is 0 Å². The number of anilines is 6. The monoisotopic (exact) mass is 1140 g/mol. The second-order valence-electron chi connectivity index (χ2n) is 28.3. The highest BCUT2D eigenvalue weighted by Crippen LogP contribution is 2.50. The van der Waals surface area contributed by atoms with Crippen molar-refractivity contribution in [2.24, 2.45) is 0 Å². The summed E-state index contributed by atoms with van der Waals surface area (Å²) in [6, 6.07) is 82.2. The summed E-state index contributed by atoms with van der Waals surface area (Å²) < 4.78 is 2.32. The van der Waals surface area contributed by atoms with E-state index in [0.717, 1.165) is 78.1 Å². The van der Waals surface area contributed by atoms with Crippen LogP contribution in [-0.4, -0.2) is 21.2 Å². The van der Waals surface area contributed by atoms with Crippen molar-refractivity contribution >= 4 is 84.7 Å². The lowest BCUT2D eigenvalue weighted by atomic mass is 9.33. The molecule has 0 unspecified atom stereocenters. The fourth-order valence-corrected chi connectivity index (χ4v) is 13.3. The molecule has 10 aromatic carbocycles. The van der Waals surface area contributed by atoms with Crippen LogP contribution in [0.1, 0.15) is 105 Å². The molecular formula is C81H73BN6. The van der Waals surface area contributed by atoms with Crippen LogP contribution in [0.2, 0.25) is 0 Å². The third-order valence-corrected chi connectivity index (χ3v) is 18.2. The molecule has 0 bridgehead atoms. The average Bonchev–Trinajstić information content (AvgIpc) is 0.757. The maximum atomic E-state index is 8.35. The van der Waals surface area contributed by atoms with E-state index in [0.29, 0.717) is 11.5 Å². The van der Waals surface area contributed by atoms with Gasteiger partial charge in [0.1, 0.15) is 0 Å². The Hall–Kier alpha value is -9.77. The van der Waals surface area contributed by atoms with E-state index >= 15 is 0 Å². The lowest BCUT2D eigenvalue weighted by Gasteiger charge is -2.45. The highest BCUT2D eigenvalue weighted by Gasteiger charge is 2.44. The Kier molecular flexibility index (Phi) is 13.2. The summed E-state index contributed by atoms with van der Waals surface area (Å²) in [6.45, 7) is 36.3. The van der Waals surface area contributed by atoms with Gasteiger partial charge >= 0.3 is 0 Å². The zero-order valence-corrected chi connectivity index (χ0v) is 52.6. The van der Waals surface area contributed by atoms with Crippen molar-refractivity contribution < 1.29 is 0 Å². The Balaban J connectivity index is 1.05. The molecule has 4 heterocycles. The fourth-order valence-electron chi connectivity index (χ4n) is 13.3.